The Balaban J connectivity index is 1.49. The van der Waals surface area contributed by atoms with Gasteiger partial charge < -0.3 is 20.1 Å². The number of allylic oxidation sites excluding steroid dienone is 1. The standard InChI is InChI=1S/C27H25FN6O3/c1-16-8-4-7-11-21(16)30-26(35)24-17(2)29-27-31-32-33-34(27)25(24)18-12-13-22(23(14-18)36-3)37-15-19-9-5-6-10-20(19)28/h4-14,25H,15H2,1-3H3,(H,30,35)(H,29,31,33). The molecule has 0 spiro atoms. The van der Waals surface area contributed by atoms with Crippen LogP contribution in [0, 0.1) is 12.7 Å². The molecule has 2 heterocycles. The molecule has 0 saturated heterocycles. The number of hydrogen-bond donors (Lipinski definition) is 2. The third kappa shape index (κ3) is 4.73. The minimum Gasteiger partial charge on any atom is -0.493 e. The van der Waals surface area contributed by atoms with E-state index in [2.05, 4.69) is 26.2 Å². The zero-order valence-corrected chi connectivity index (χ0v) is 20.5. The average Bonchev–Trinajstić information content (AvgIpc) is 3.36. The summed E-state index contributed by atoms with van der Waals surface area (Å²) in [4.78, 5) is 13.6. The summed E-state index contributed by atoms with van der Waals surface area (Å²) >= 11 is 0. The van der Waals surface area contributed by atoms with E-state index in [1.165, 1.54) is 13.2 Å². The van der Waals surface area contributed by atoms with Crippen molar-refractivity contribution in [1.29, 1.82) is 0 Å². The predicted molar refractivity (Wildman–Crippen MR) is 136 cm³/mol. The van der Waals surface area contributed by atoms with Gasteiger partial charge in [0.25, 0.3) is 5.91 Å². The summed E-state index contributed by atoms with van der Waals surface area (Å²) in [5.41, 5.74) is 3.86. The fraction of sp³-hybridized carbons (Fsp3) is 0.185. The molecule has 0 radical (unpaired) electrons. The highest BCUT2D eigenvalue weighted by Gasteiger charge is 2.34. The molecule has 1 atom stereocenters. The fourth-order valence-electron chi connectivity index (χ4n) is 4.26. The summed E-state index contributed by atoms with van der Waals surface area (Å²) in [5.74, 6) is 0.646. The van der Waals surface area contributed by atoms with Crippen LogP contribution < -0.4 is 20.1 Å². The van der Waals surface area contributed by atoms with Gasteiger partial charge in [-0.05, 0) is 59.7 Å². The van der Waals surface area contributed by atoms with Crippen LogP contribution in [0.5, 0.6) is 11.5 Å². The number of hydrogen-bond acceptors (Lipinski definition) is 7. The Morgan fingerprint density at radius 1 is 1.08 bits per heavy atom. The number of aryl methyl sites for hydroxylation is 1. The monoisotopic (exact) mass is 500 g/mol. The largest absolute Gasteiger partial charge is 0.493 e. The molecule has 9 nitrogen and oxygen atoms in total. The van der Waals surface area contributed by atoms with Crippen LogP contribution >= 0.6 is 0 Å². The van der Waals surface area contributed by atoms with Crippen molar-refractivity contribution in [1.82, 2.24) is 20.2 Å². The second-order valence-corrected chi connectivity index (χ2v) is 8.57. The van der Waals surface area contributed by atoms with Gasteiger partial charge >= 0.3 is 0 Å². The number of benzene rings is 3. The number of carbonyl (C=O) groups excluding carboxylic acids is 1. The zero-order valence-electron chi connectivity index (χ0n) is 20.5. The second-order valence-electron chi connectivity index (χ2n) is 8.57. The Kier molecular flexibility index (Phi) is 6.55. The number of tetrazole rings is 1. The Bertz CT molecular complexity index is 1500. The van der Waals surface area contributed by atoms with Crippen LogP contribution in [0.1, 0.15) is 29.7 Å². The minimum atomic E-state index is -0.634. The van der Waals surface area contributed by atoms with E-state index in [-0.39, 0.29) is 18.3 Å². The number of anilines is 2. The quantitative estimate of drug-likeness (QED) is 0.381. The molecule has 0 saturated carbocycles. The highest BCUT2D eigenvalue weighted by molar-refractivity contribution is 6.06. The summed E-state index contributed by atoms with van der Waals surface area (Å²) in [7, 11) is 1.52. The summed E-state index contributed by atoms with van der Waals surface area (Å²) in [6.45, 7) is 3.77. The summed E-state index contributed by atoms with van der Waals surface area (Å²) in [5, 5.41) is 18.1. The SMILES string of the molecule is COc1cc(C2C(C(=O)Nc3ccccc3C)=C(C)Nc3nnnn32)ccc1OCc1ccccc1F. The molecule has 0 bridgehead atoms. The number of aromatic nitrogens is 4. The molecule has 10 heteroatoms. The molecule has 1 unspecified atom stereocenters. The summed E-state index contributed by atoms with van der Waals surface area (Å²) in [6, 6.07) is 18.7. The van der Waals surface area contributed by atoms with Gasteiger partial charge in [-0.2, -0.15) is 4.68 Å². The number of para-hydroxylation sites is 1. The number of fused-ring (bicyclic) bond motifs is 1. The van der Waals surface area contributed by atoms with Crippen molar-refractivity contribution in [2.24, 2.45) is 0 Å². The van der Waals surface area contributed by atoms with Gasteiger partial charge in [-0.15, -0.1) is 0 Å². The molecule has 4 aromatic rings. The van der Waals surface area contributed by atoms with Gasteiger partial charge in [-0.1, -0.05) is 47.6 Å². The zero-order chi connectivity index (χ0) is 25.9. The summed E-state index contributed by atoms with van der Waals surface area (Å²) in [6.07, 6.45) is 0. The number of nitrogens with zero attached hydrogens (tertiary/aromatic N) is 4. The maximum Gasteiger partial charge on any atom is 0.255 e. The highest BCUT2D eigenvalue weighted by Crippen LogP contribution is 2.39. The van der Waals surface area contributed by atoms with Crippen LogP contribution in [0.25, 0.3) is 0 Å². The van der Waals surface area contributed by atoms with Crippen LogP contribution in [0.4, 0.5) is 16.0 Å². The van der Waals surface area contributed by atoms with E-state index in [9.17, 15) is 9.18 Å². The Labute approximate surface area is 212 Å². The number of rotatable bonds is 7. The summed E-state index contributed by atoms with van der Waals surface area (Å²) < 4.78 is 27.0. The number of carbonyl (C=O) groups is 1. The van der Waals surface area contributed by atoms with Crippen LogP contribution in [-0.4, -0.2) is 33.2 Å². The van der Waals surface area contributed by atoms with Gasteiger partial charge in [0, 0.05) is 16.9 Å². The van der Waals surface area contributed by atoms with Crippen molar-refractivity contribution in [2.75, 3.05) is 17.7 Å². The molecule has 1 aromatic heterocycles. The lowest BCUT2D eigenvalue weighted by atomic mass is 9.94. The molecular formula is C27H25FN6O3. The Hall–Kier alpha value is -4.73. The van der Waals surface area contributed by atoms with Crippen molar-refractivity contribution in [2.45, 2.75) is 26.5 Å². The molecule has 1 aliphatic heterocycles. The van der Waals surface area contributed by atoms with Crippen molar-refractivity contribution in [3.05, 3.63) is 101 Å². The third-order valence-corrected chi connectivity index (χ3v) is 6.20. The van der Waals surface area contributed by atoms with Crippen molar-refractivity contribution in [3.8, 4) is 11.5 Å². The van der Waals surface area contributed by atoms with E-state index in [0.717, 1.165) is 5.56 Å². The van der Waals surface area contributed by atoms with Gasteiger partial charge in [0.2, 0.25) is 5.95 Å². The average molecular weight is 501 g/mol. The molecule has 2 N–H and O–H groups in total. The molecule has 0 fully saturated rings. The number of methoxy groups -OCH3 is 1. The number of nitrogens with one attached hydrogen (secondary N) is 2. The lowest BCUT2D eigenvalue weighted by Crippen LogP contribution is -2.31. The van der Waals surface area contributed by atoms with Crippen LogP contribution in [0.2, 0.25) is 0 Å². The van der Waals surface area contributed by atoms with Gasteiger partial charge in [-0.25, -0.2) is 4.39 Å². The van der Waals surface area contributed by atoms with Crippen molar-refractivity contribution < 1.29 is 18.7 Å². The van der Waals surface area contributed by atoms with Crippen molar-refractivity contribution in [3.63, 3.8) is 0 Å². The first kappa shape index (κ1) is 24.0. The first-order valence-electron chi connectivity index (χ1n) is 11.6. The van der Waals surface area contributed by atoms with Gasteiger partial charge in [-0.3, -0.25) is 4.79 Å². The maximum atomic E-state index is 14.0. The molecule has 5 rings (SSSR count). The molecule has 1 amide bonds. The van der Waals surface area contributed by atoms with Gasteiger partial charge in [0.05, 0.1) is 12.7 Å². The molecule has 3 aromatic carbocycles. The normalized spacial score (nSPS) is 14.5. The lowest BCUT2D eigenvalue weighted by Gasteiger charge is -2.28. The lowest BCUT2D eigenvalue weighted by molar-refractivity contribution is -0.113. The Morgan fingerprint density at radius 3 is 2.65 bits per heavy atom. The van der Waals surface area contributed by atoms with Gasteiger partial charge in [0.15, 0.2) is 11.5 Å². The van der Waals surface area contributed by atoms with E-state index < -0.39 is 6.04 Å². The van der Waals surface area contributed by atoms with E-state index in [1.807, 2.05) is 37.3 Å². The maximum absolute atomic E-state index is 14.0. The van der Waals surface area contributed by atoms with E-state index in [1.54, 1.807) is 41.9 Å². The molecule has 1 aliphatic rings. The van der Waals surface area contributed by atoms with E-state index in [4.69, 9.17) is 9.47 Å². The predicted octanol–water partition coefficient (Wildman–Crippen LogP) is 4.64. The second kappa shape index (κ2) is 10.1. The van der Waals surface area contributed by atoms with Crippen LogP contribution in [-0.2, 0) is 11.4 Å². The third-order valence-electron chi connectivity index (χ3n) is 6.20. The van der Waals surface area contributed by atoms with Crippen molar-refractivity contribution >= 4 is 17.5 Å². The number of halogens is 1. The van der Waals surface area contributed by atoms with E-state index in [0.29, 0.717) is 45.5 Å². The molecule has 188 valence electrons. The molecule has 37 heavy (non-hydrogen) atoms. The minimum absolute atomic E-state index is 0.0377. The first-order chi connectivity index (χ1) is 18.0. The highest BCUT2D eigenvalue weighted by atomic mass is 19.1. The van der Waals surface area contributed by atoms with Gasteiger partial charge in [0.1, 0.15) is 18.5 Å². The number of ether oxygens (including phenoxy) is 2. The fourth-order valence-corrected chi connectivity index (χ4v) is 4.26. The van der Waals surface area contributed by atoms with E-state index >= 15 is 0 Å². The molecule has 0 aliphatic carbocycles. The van der Waals surface area contributed by atoms with Crippen LogP contribution in [0.3, 0.4) is 0 Å². The Morgan fingerprint density at radius 2 is 1.86 bits per heavy atom. The first-order valence-corrected chi connectivity index (χ1v) is 11.6. The van der Waals surface area contributed by atoms with Crippen LogP contribution in [0.15, 0.2) is 78.0 Å². The topological polar surface area (TPSA) is 103 Å². The molecular weight excluding hydrogens is 475 g/mol. The smallest absolute Gasteiger partial charge is 0.255 e. The number of amides is 1.